The van der Waals surface area contributed by atoms with E-state index in [-0.39, 0.29) is 0 Å². The average molecular weight is 148 g/mol. The van der Waals surface area contributed by atoms with Gasteiger partial charge in [-0.25, -0.2) is 0 Å². The van der Waals surface area contributed by atoms with E-state index in [4.69, 9.17) is 0 Å². The first kappa shape index (κ1) is 6.22. The molecule has 0 aromatic carbocycles. The molecule has 0 saturated heterocycles. The molecule has 0 amide bonds. The van der Waals surface area contributed by atoms with Crippen molar-refractivity contribution in [1.82, 2.24) is 4.57 Å². The Morgan fingerprint density at radius 2 is 2.27 bits per heavy atom. The lowest BCUT2D eigenvalue weighted by Gasteiger charge is -1.96. The zero-order valence-corrected chi connectivity index (χ0v) is 6.19. The molecule has 0 aliphatic heterocycles. The van der Waals surface area contributed by atoms with Crippen molar-refractivity contribution in [3.63, 3.8) is 0 Å². The molecule has 2 heterocycles. The molecule has 0 radical (unpaired) electrons. The summed E-state index contributed by atoms with van der Waals surface area (Å²) >= 11 is 0. The van der Waals surface area contributed by atoms with Crippen LogP contribution in [0.2, 0.25) is 0 Å². The van der Waals surface area contributed by atoms with Crippen LogP contribution in [0.5, 0.6) is 0 Å². The van der Waals surface area contributed by atoms with Crippen molar-refractivity contribution in [2.75, 3.05) is 0 Å². The molecular formula is C8H8N2O. The van der Waals surface area contributed by atoms with E-state index in [0.29, 0.717) is 0 Å². The summed E-state index contributed by atoms with van der Waals surface area (Å²) in [6.07, 6.45) is 5.00. The highest BCUT2D eigenvalue weighted by Crippen LogP contribution is 2.10. The fourth-order valence-corrected chi connectivity index (χ4v) is 1.19. The van der Waals surface area contributed by atoms with Crippen molar-refractivity contribution < 1.29 is 4.73 Å². The number of aromatic nitrogens is 2. The molecule has 0 spiro atoms. The van der Waals surface area contributed by atoms with Crippen LogP contribution in [0.1, 0.15) is 0 Å². The van der Waals surface area contributed by atoms with Crippen molar-refractivity contribution in [2.24, 2.45) is 7.05 Å². The van der Waals surface area contributed by atoms with Crippen LogP contribution in [0.25, 0.3) is 10.9 Å². The van der Waals surface area contributed by atoms with Gasteiger partial charge < -0.3 is 9.77 Å². The molecule has 0 N–H and O–H groups in total. The summed E-state index contributed by atoms with van der Waals surface area (Å²) in [6, 6.07) is 3.79. The standard InChI is InChI=1S/C8H8N2O/c1-9-4-2-7-3-5-10(11)6-8(7)9/h2-6H,1H3. The van der Waals surface area contributed by atoms with Gasteiger partial charge in [0, 0.05) is 24.7 Å². The second kappa shape index (κ2) is 1.99. The van der Waals surface area contributed by atoms with Gasteiger partial charge in [-0.1, -0.05) is 0 Å². The normalized spacial score (nSPS) is 10.6. The molecule has 11 heavy (non-hydrogen) atoms. The maximum atomic E-state index is 10.8. The van der Waals surface area contributed by atoms with Crippen molar-refractivity contribution in [3.05, 3.63) is 35.9 Å². The van der Waals surface area contributed by atoms with E-state index in [1.807, 2.05) is 29.9 Å². The number of hydrogen-bond donors (Lipinski definition) is 0. The summed E-state index contributed by atoms with van der Waals surface area (Å²) in [5, 5.41) is 11.9. The van der Waals surface area contributed by atoms with Gasteiger partial charge in [0.1, 0.15) is 5.52 Å². The lowest BCUT2D eigenvalue weighted by Crippen LogP contribution is -2.23. The van der Waals surface area contributed by atoms with E-state index in [1.165, 1.54) is 6.20 Å². The molecule has 0 atom stereocenters. The van der Waals surface area contributed by atoms with Crippen molar-refractivity contribution >= 4 is 10.9 Å². The quantitative estimate of drug-likeness (QED) is 0.402. The zero-order valence-electron chi connectivity index (χ0n) is 6.19. The number of fused-ring (bicyclic) bond motifs is 1. The van der Waals surface area contributed by atoms with Crippen molar-refractivity contribution in [3.8, 4) is 0 Å². The van der Waals surface area contributed by atoms with Crippen LogP contribution in [-0.4, -0.2) is 4.57 Å². The molecule has 0 aliphatic rings. The second-order valence-corrected chi connectivity index (χ2v) is 2.57. The molecule has 0 bridgehead atoms. The molecule has 3 heteroatoms. The third-order valence-electron chi connectivity index (χ3n) is 1.80. The Morgan fingerprint density at radius 3 is 3.09 bits per heavy atom. The Hall–Kier alpha value is -1.51. The summed E-state index contributed by atoms with van der Waals surface area (Å²) in [4.78, 5) is 0. The highest BCUT2D eigenvalue weighted by Gasteiger charge is 1.99. The summed E-state index contributed by atoms with van der Waals surface area (Å²) in [7, 11) is 1.92. The van der Waals surface area contributed by atoms with Crippen LogP contribution >= 0.6 is 0 Å². The van der Waals surface area contributed by atoms with Crippen LogP contribution in [0.3, 0.4) is 0 Å². The van der Waals surface area contributed by atoms with E-state index in [1.54, 1.807) is 6.20 Å². The number of rotatable bonds is 0. The van der Waals surface area contributed by atoms with Crippen LogP contribution < -0.4 is 4.73 Å². The predicted molar refractivity (Wildman–Crippen MR) is 41.9 cm³/mol. The number of nitrogens with zero attached hydrogens (tertiary/aromatic N) is 2. The summed E-state index contributed by atoms with van der Waals surface area (Å²) < 4.78 is 2.73. The van der Waals surface area contributed by atoms with Gasteiger partial charge in [0.05, 0.1) is 0 Å². The smallest absolute Gasteiger partial charge is 0.204 e. The number of pyridine rings is 1. The maximum absolute atomic E-state index is 10.8. The van der Waals surface area contributed by atoms with Gasteiger partial charge in [-0.3, -0.25) is 0 Å². The van der Waals surface area contributed by atoms with Gasteiger partial charge in [0.15, 0.2) is 6.20 Å². The van der Waals surface area contributed by atoms with Crippen LogP contribution in [0.15, 0.2) is 30.7 Å². The van der Waals surface area contributed by atoms with E-state index >= 15 is 0 Å². The topological polar surface area (TPSA) is 31.9 Å². The van der Waals surface area contributed by atoms with Gasteiger partial charge in [-0.15, -0.1) is 0 Å². The molecule has 2 aromatic rings. The first-order chi connectivity index (χ1) is 5.27. The monoisotopic (exact) mass is 148 g/mol. The third kappa shape index (κ3) is 0.852. The lowest BCUT2D eigenvalue weighted by atomic mass is 10.3. The Bertz CT molecular complexity index is 392. The SMILES string of the molecule is Cn1ccc2cc[n+]([O-])cc21. The highest BCUT2D eigenvalue weighted by atomic mass is 16.5. The molecule has 56 valence electrons. The number of hydrogen-bond acceptors (Lipinski definition) is 1. The second-order valence-electron chi connectivity index (χ2n) is 2.57. The molecule has 2 rings (SSSR count). The first-order valence-electron chi connectivity index (χ1n) is 3.41. The Kier molecular flexibility index (Phi) is 1.12. The molecule has 3 nitrogen and oxygen atoms in total. The Morgan fingerprint density at radius 1 is 1.45 bits per heavy atom. The number of aryl methyl sites for hydroxylation is 1. The molecular weight excluding hydrogens is 140 g/mol. The van der Waals surface area contributed by atoms with Gasteiger partial charge in [-0.05, 0) is 6.07 Å². The predicted octanol–water partition coefficient (Wildman–Crippen LogP) is 0.812. The van der Waals surface area contributed by atoms with Gasteiger partial charge >= 0.3 is 0 Å². The molecule has 0 saturated carbocycles. The fourth-order valence-electron chi connectivity index (χ4n) is 1.19. The fraction of sp³-hybridized carbons (Fsp3) is 0.125. The molecule has 0 fully saturated rings. The highest BCUT2D eigenvalue weighted by molar-refractivity contribution is 5.77. The van der Waals surface area contributed by atoms with Crippen LogP contribution in [-0.2, 0) is 7.05 Å². The summed E-state index contributed by atoms with van der Waals surface area (Å²) in [5.41, 5.74) is 0.961. The van der Waals surface area contributed by atoms with E-state index in [0.717, 1.165) is 15.6 Å². The van der Waals surface area contributed by atoms with Gasteiger partial charge in [0.25, 0.3) is 0 Å². The van der Waals surface area contributed by atoms with Crippen LogP contribution in [0.4, 0.5) is 0 Å². The van der Waals surface area contributed by atoms with Crippen molar-refractivity contribution in [2.45, 2.75) is 0 Å². The maximum Gasteiger partial charge on any atom is 0.204 e. The lowest BCUT2D eigenvalue weighted by molar-refractivity contribution is -0.604. The zero-order chi connectivity index (χ0) is 7.84. The molecule has 2 aromatic heterocycles. The van der Waals surface area contributed by atoms with E-state index in [9.17, 15) is 5.21 Å². The largest absolute Gasteiger partial charge is 0.619 e. The Balaban J connectivity index is 2.87. The minimum Gasteiger partial charge on any atom is -0.619 e. The molecule has 0 aliphatic carbocycles. The van der Waals surface area contributed by atoms with Crippen LogP contribution in [0, 0.1) is 5.21 Å². The average Bonchev–Trinajstić information content (AvgIpc) is 2.33. The van der Waals surface area contributed by atoms with Gasteiger partial charge in [0.2, 0.25) is 6.20 Å². The summed E-state index contributed by atoms with van der Waals surface area (Å²) in [6.45, 7) is 0. The van der Waals surface area contributed by atoms with E-state index in [2.05, 4.69) is 0 Å². The Labute approximate surface area is 64.1 Å². The minimum atomic E-state index is 0.808. The van der Waals surface area contributed by atoms with Gasteiger partial charge in [-0.2, -0.15) is 4.73 Å². The summed E-state index contributed by atoms with van der Waals surface area (Å²) in [5.74, 6) is 0. The first-order valence-corrected chi connectivity index (χ1v) is 3.41. The van der Waals surface area contributed by atoms with E-state index < -0.39 is 0 Å². The van der Waals surface area contributed by atoms with Crippen molar-refractivity contribution in [1.29, 1.82) is 0 Å². The third-order valence-corrected chi connectivity index (χ3v) is 1.80. The minimum absolute atomic E-state index is 0.808. The molecule has 0 unspecified atom stereocenters.